The first-order valence-corrected chi connectivity index (χ1v) is 7.76. The summed E-state index contributed by atoms with van der Waals surface area (Å²) in [5.41, 5.74) is 2.24. The highest BCUT2D eigenvalue weighted by atomic mass is 16.5. The minimum Gasteiger partial charge on any atom is -0.493 e. The van der Waals surface area contributed by atoms with E-state index in [1.807, 2.05) is 24.3 Å². The van der Waals surface area contributed by atoms with Crippen molar-refractivity contribution in [3.8, 4) is 23.0 Å². The van der Waals surface area contributed by atoms with E-state index < -0.39 is 0 Å². The predicted molar refractivity (Wildman–Crippen MR) is 89.2 cm³/mol. The summed E-state index contributed by atoms with van der Waals surface area (Å²) in [5.74, 6) is 2.59. The van der Waals surface area contributed by atoms with Crippen LogP contribution in [0.2, 0.25) is 0 Å². The van der Waals surface area contributed by atoms with E-state index in [1.54, 1.807) is 26.4 Å². The van der Waals surface area contributed by atoms with Gasteiger partial charge in [0, 0.05) is 18.9 Å². The Bertz CT molecular complexity index is 753. The van der Waals surface area contributed by atoms with Gasteiger partial charge in [0.15, 0.2) is 11.5 Å². The summed E-state index contributed by atoms with van der Waals surface area (Å²) in [5, 5.41) is 0. The lowest BCUT2D eigenvalue weighted by Crippen LogP contribution is -2.19. The third-order valence-electron chi connectivity index (χ3n) is 4.09. The van der Waals surface area contributed by atoms with Crippen LogP contribution >= 0.6 is 0 Å². The molecular formula is C19H20O5. The van der Waals surface area contributed by atoms with Crippen molar-refractivity contribution < 1.29 is 23.7 Å². The minimum absolute atomic E-state index is 0.233. The highest BCUT2D eigenvalue weighted by Gasteiger charge is 2.23. The van der Waals surface area contributed by atoms with Crippen LogP contribution in [0.1, 0.15) is 24.0 Å². The molecule has 0 bridgehead atoms. The summed E-state index contributed by atoms with van der Waals surface area (Å²) in [6.07, 6.45) is 0.852. The van der Waals surface area contributed by atoms with Gasteiger partial charge in [-0.25, -0.2) is 0 Å². The summed E-state index contributed by atoms with van der Waals surface area (Å²) >= 11 is 0. The molecule has 0 fully saturated rings. The molecule has 0 saturated carbocycles. The molecule has 5 nitrogen and oxygen atoms in total. The molecule has 0 radical (unpaired) electrons. The average molecular weight is 328 g/mol. The van der Waals surface area contributed by atoms with Crippen molar-refractivity contribution in [2.24, 2.45) is 0 Å². The van der Waals surface area contributed by atoms with Gasteiger partial charge in [0.2, 0.25) is 0 Å². The maximum Gasteiger partial charge on any atom is 0.308 e. The van der Waals surface area contributed by atoms with Gasteiger partial charge in [0.1, 0.15) is 11.5 Å². The molecule has 1 aliphatic heterocycles. The van der Waals surface area contributed by atoms with Gasteiger partial charge >= 0.3 is 5.97 Å². The fraction of sp³-hybridized carbons (Fsp3) is 0.316. The van der Waals surface area contributed by atoms with E-state index in [-0.39, 0.29) is 11.9 Å². The van der Waals surface area contributed by atoms with Crippen LogP contribution in [-0.2, 0) is 11.2 Å². The van der Waals surface area contributed by atoms with Crippen molar-refractivity contribution in [1.29, 1.82) is 0 Å². The monoisotopic (exact) mass is 328 g/mol. The number of esters is 1. The number of carbonyl (C=O) groups excluding carboxylic acids is 1. The highest BCUT2D eigenvalue weighted by Crippen LogP contribution is 2.37. The fourth-order valence-electron chi connectivity index (χ4n) is 2.90. The van der Waals surface area contributed by atoms with Crippen LogP contribution in [0.4, 0.5) is 0 Å². The molecule has 0 aliphatic carbocycles. The molecule has 1 aliphatic rings. The molecule has 1 unspecified atom stereocenters. The van der Waals surface area contributed by atoms with Gasteiger partial charge < -0.3 is 18.9 Å². The number of rotatable bonds is 4. The summed E-state index contributed by atoms with van der Waals surface area (Å²) in [7, 11) is 3.25. The van der Waals surface area contributed by atoms with Crippen molar-refractivity contribution in [3.63, 3.8) is 0 Å². The van der Waals surface area contributed by atoms with E-state index in [1.165, 1.54) is 6.92 Å². The first-order chi connectivity index (χ1) is 11.6. The lowest BCUT2D eigenvalue weighted by Gasteiger charge is -2.26. The Morgan fingerprint density at radius 2 is 1.88 bits per heavy atom. The maximum atomic E-state index is 11.0. The number of fused-ring (bicyclic) bond motifs is 1. The summed E-state index contributed by atoms with van der Waals surface area (Å²) in [6.45, 7) is 1.94. The van der Waals surface area contributed by atoms with E-state index in [0.29, 0.717) is 23.9 Å². The number of methoxy groups -OCH3 is 2. The van der Waals surface area contributed by atoms with Crippen molar-refractivity contribution in [2.75, 3.05) is 20.8 Å². The summed E-state index contributed by atoms with van der Waals surface area (Å²) in [4.78, 5) is 11.0. The number of carbonyl (C=O) groups is 1. The van der Waals surface area contributed by atoms with E-state index in [9.17, 15) is 4.79 Å². The number of ether oxygens (including phenoxy) is 4. The van der Waals surface area contributed by atoms with Crippen molar-refractivity contribution in [2.45, 2.75) is 19.3 Å². The third-order valence-corrected chi connectivity index (χ3v) is 4.09. The van der Waals surface area contributed by atoms with Gasteiger partial charge in [0.25, 0.3) is 0 Å². The molecule has 0 spiro atoms. The first-order valence-electron chi connectivity index (χ1n) is 7.76. The molecule has 2 aromatic carbocycles. The van der Waals surface area contributed by atoms with E-state index in [0.717, 1.165) is 23.3 Å². The van der Waals surface area contributed by atoms with Crippen LogP contribution in [0.3, 0.4) is 0 Å². The maximum absolute atomic E-state index is 11.0. The van der Waals surface area contributed by atoms with Crippen LogP contribution in [-0.4, -0.2) is 26.8 Å². The average Bonchev–Trinajstić information content (AvgIpc) is 2.60. The van der Waals surface area contributed by atoms with Gasteiger partial charge in [-0.15, -0.1) is 0 Å². The molecule has 126 valence electrons. The number of benzene rings is 2. The van der Waals surface area contributed by atoms with Crippen LogP contribution in [0.25, 0.3) is 0 Å². The van der Waals surface area contributed by atoms with Gasteiger partial charge in [-0.1, -0.05) is 12.1 Å². The molecule has 0 saturated heterocycles. The molecular weight excluding hydrogens is 308 g/mol. The molecule has 0 aromatic heterocycles. The number of hydrogen-bond acceptors (Lipinski definition) is 5. The smallest absolute Gasteiger partial charge is 0.308 e. The predicted octanol–water partition coefficient (Wildman–Crippen LogP) is 3.35. The zero-order chi connectivity index (χ0) is 17.1. The van der Waals surface area contributed by atoms with Crippen molar-refractivity contribution in [3.05, 3.63) is 47.5 Å². The standard InChI is InChI=1S/C19H20O5/c1-12(20)24-16-6-4-14-8-15(11-23-18(14)10-16)13-5-7-17(21-2)19(9-13)22-3/h4-7,9-10,15H,8,11H2,1-3H3. The largest absolute Gasteiger partial charge is 0.493 e. The van der Waals surface area contributed by atoms with Crippen LogP contribution in [0.5, 0.6) is 23.0 Å². The molecule has 0 N–H and O–H groups in total. The van der Waals surface area contributed by atoms with Gasteiger partial charge in [-0.3, -0.25) is 4.79 Å². The minimum atomic E-state index is -0.339. The molecule has 5 heteroatoms. The zero-order valence-electron chi connectivity index (χ0n) is 14.0. The Hall–Kier alpha value is -2.69. The van der Waals surface area contributed by atoms with E-state index in [4.69, 9.17) is 18.9 Å². The summed E-state index contributed by atoms with van der Waals surface area (Å²) in [6, 6.07) is 11.4. The lowest BCUT2D eigenvalue weighted by molar-refractivity contribution is -0.131. The van der Waals surface area contributed by atoms with Gasteiger partial charge in [0.05, 0.1) is 20.8 Å². The first kappa shape index (κ1) is 16.2. The van der Waals surface area contributed by atoms with Crippen LogP contribution in [0.15, 0.2) is 36.4 Å². The Morgan fingerprint density at radius 1 is 1.08 bits per heavy atom. The number of hydrogen-bond donors (Lipinski definition) is 0. The Balaban J connectivity index is 1.81. The second-order valence-corrected chi connectivity index (χ2v) is 5.69. The molecule has 3 rings (SSSR count). The topological polar surface area (TPSA) is 54.0 Å². The second kappa shape index (κ2) is 6.83. The molecule has 24 heavy (non-hydrogen) atoms. The highest BCUT2D eigenvalue weighted by molar-refractivity contribution is 5.69. The van der Waals surface area contributed by atoms with Gasteiger partial charge in [-0.2, -0.15) is 0 Å². The second-order valence-electron chi connectivity index (χ2n) is 5.69. The Morgan fingerprint density at radius 3 is 2.58 bits per heavy atom. The van der Waals surface area contributed by atoms with Crippen LogP contribution in [0, 0.1) is 0 Å². The Labute approximate surface area is 141 Å². The molecule has 1 heterocycles. The molecule has 2 aromatic rings. The Kier molecular flexibility index (Phi) is 4.60. The quantitative estimate of drug-likeness (QED) is 0.636. The SMILES string of the molecule is COc1ccc(C2COc3cc(OC(C)=O)ccc3C2)cc1OC. The van der Waals surface area contributed by atoms with Gasteiger partial charge in [-0.05, 0) is 35.7 Å². The van der Waals surface area contributed by atoms with E-state index in [2.05, 4.69) is 0 Å². The molecule has 1 atom stereocenters. The lowest BCUT2D eigenvalue weighted by atomic mass is 9.90. The fourth-order valence-corrected chi connectivity index (χ4v) is 2.90. The molecule has 0 amide bonds. The third kappa shape index (κ3) is 3.30. The van der Waals surface area contributed by atoms with Crippen LogP contribution < -0.4 is 18.9 Å². The summed E-state index contributed by atoms with van der Waals surface area (Å²) < 4.78 is 21.6. The van der Waals surface area contributed by atoms with Crippen molar-refractivity contribution >= 4 is 5.97 Å². The van der Waals surface area contributed by atoms with Crippen molar-refractivity contribution in [1.82, 2.24) is 0 Å². The normalized spacial score (nSPS) is 15.9. The van der Waals surface area contributed by atoms with E-state index >= 15 is 0 Å². The zero-order valence-corrected chi connectivity index (χ0v) is 14.0.